The Morgan fingerprint density at radius 1 is 1.25 bits per heavy atom. The molecule has 0 radical (unpaired) electrons. The zero-order valence-electron chi connectivity index (χ0n) is 9.97. The van der Waals surface area contributed by atoms with Crippen molar-refractivity contribution in [3.63, 3.8) is 0 Å². The minimum absolute atomic E-state index is 0.343. The minimum Gasteiger partial charge on any atom is -0.462 e. The molecule has 0 saturated heterocycles. The molecule has 0 amide bonds. The fourth-order valence-electron chi connectivity index (χ4n) is 1.74. The quantitative estimate of drug-likeness (QED) is 0.751. The van der Waals surface area contributed by atoms with Gasteiger partial charge in [0.2, 0.25) is 0 Å². The molecule has 0 fully saturated rings. The van der Waals surface area contributed by atoms with Crippen LogP contribution in [0.25, 0.3) is 0 Å². The monoisotopic (exact) mass is 240 g/mol. The highest BCUT2D eigenvalue weighted by Gasteiger charge is 2.15. The van der Waals surface area contributed by atoms with Crippen LogP contribution in [0.2, 0.25) is 5.02 Å². The molecule has 1 aromatic carbocycles. The minimum atomic E-state index is -0.343. The number of esters is 1. The van der Waals surface area contributed by atoms with Gasteiger partial charge in [-0.1, -0.05) is 31.5 Å². The van der Waals surface area contributed by atoms with E-state index in [9.17, 15) is 4.79 Å². The largest absolute Gasteiger partial charge is 0.462 e. The van der Waals surface area contributed by atoms with Gasteiger partial charge in [-0.15, -0.1) is 0 Å². The standard InChI is InChI=1S/C13H17ClO2/c1-4-9-7-8-11(13(15)16-6-3)12(14)10(9)5-2/h7-8H,4-6H2,1-3H3. The van der Waals surface area contributed by atoms with Crippen LogP contribution in [-0.2, 0) is 17.6 Å². The number of aryl methyl sites for hydroxylation is 1. The molecular weight excluding hydrogens is 224 g/mol. The van der Waals surface area contributed by atoms with Crippen LogP contribution in [0, 0.1) is 0 Å². The van der Waals surface area contributed by atoms with E-state index in [2.05, 4.69) is 6.92 Å². The predicted molar refractivity (Wildman–Crippen MR) is 66.2 cm³/mol. The third kappa shape index (κ3) is 2.56. The molecule has 0 N–H and O–H groups in total. The number of hydrogen-bond acceptors (Lipinski definition) is 2. The summed E-state index contributed by atoms with van der Waals surface area (Å²) in [6.45, 7) is 6.27. The summed E-state index contributed by atoms with van der Waals surface area (Å²) >= 11 is 6.22. The highest BCUT2D eigenvalue weighted by Crippen LogP contribution is 2.26. The number of carbonyl (C=O) groups excluding carboxylic acids is 1. The molecular formula is C13H17ClO2. The molecule has 88 valence electrons. The highest BCUT2D eigenvalue weighted by molar-refractivity contribution is 6.34. The van der Waals surface area contributed by atoms with Crippen LogP contribution in [0.4, 0.5) is 0 Å². The molecule has 0 atom stereocenters. The molecule has 0 aliphatic carbocycles. The van der Waals surface area contributed by atoms with Crippen molar-refractivity contribution in [3.8, 4) is 0 Å². The first-order chi connectivity index (χ1) is 7.65. The number of ether oxygens (including phenoxy) is 1. The van der Waals surface area contributed by atoms with Gasteiger partial charge < -0.3 is 4.74 Å². The summed E-state index contributed by atoms with van der Waals surface area (Å²) < 4.78 is 4.96. The van der Waals surface area contributed by atoms with Gasteiger partial charge in [0.25, 0.3) is 0 Å². The first-order valence-corrected chi connectivity index (χ1v) is 6.00. The normalized spacial score (nSPS) is 10.2. The summed E-state index contributed by atoms with van der Waals surface area (Å²) in [6, 6.07) is 3.70. The molecule has 0 aromatic heterocycles. The van der Waals surface area contributed by atoms with Crippen molar-refractivity contribution < 1.29 is 9.53 Å². The molecule has 0 bridgehead atoms. The van der Waals surface area contributed by atoms with Crippen molar-refractivity contribution in [2.24, 2.45) is 0 Å². The second-order valence-electron chi connectivity index (χ2n) is 3.49. The second kappa shape index (κ2) is 5.90. The van der Waals surface area contributed by atoms with Crippen LogP contribution in [0.1, 0.15) is 42.3 Å². The third-order valence-corrected chi connectivity index (χ3v) is 3.00. The third-order valence-electron chi connectivity index (χ3n) is 2.57. The van der Waals surface area contributed by atoms with Gasteiger partial charge in [-0.05, 0) is 37.0 Å². The molecule has 16 heavy (non-hydrogen) atoms. The second-order valence-corrected chi connectivity index (χ2v) is 3.87. The van der Waals surface area contributed by atoms with E-state index in [1.54, 1.807) is 13.0 Å². The van der Waals surface area contributed by atoms with Crippen molar-refractivity contribution in [3.05, 3.63) is 33.8 Å². The molecule has 0 heterocycles. The Bertz CT molecular complexity index is 386. The Morgan fingerprint density at radius 3 is 2.44 bits per heavy atom. The molecule has 1 rings (SSSR count). The molecule has 1 aromatic rings. The van der Waals surface area contributed by atoms with Gasteiger partial charge in [-0.25, -0.2) is 4.79 Å². The van der Waals surface area contributed by atoms with E-state index in [1.165, 1.54) is 5.56 Å². The lowest BCUT2D eigenvalue weighted by Gasteiger charge is -2.11. The van der Waals surface area contributed by atoms with Crippen molar-refractivity contribution in [1.82, 2.24) is 0 Å². The summed E-state index contributed by atoms with van der Waals surface area (Å²) in [5, 5.41) is 0.542. The first kappa shape index (κ1) is 13.0. The molecule has 0 aliphatic rings. The fraction of sp³-hybridized carbons (Fsp3) is 0.462. The van der Waals surface area contributed by atoms with Crippen molar-refractivity contribution >= 4 is 17.6 Å². The van der Waals surface area contributed by atoms with Crippen LogP contribution < -0.4 is 0 Å². The zero-order chi connectivity index (χ0) is 12.1. The maximum atomic E-state index is 11.6. The van der Waals surface area contributed by atoms with E-state index in [4.69, 9.17) is 16.3 Å². The Hall–Kier alpha value is -1.02. The van der Waals surface area contributed by atoms with E-state index >= 15 is 0 Å². The van der Waals surface area contributed by atoms with Gasteiger partial charge in [0.05, 0.1) is 17.2 Å². The van der Waals surface area contributed by atoms with Gasteiger partial charge in [0.15, 0.2) is 0 Å². The average Bonchev–Trinajstić information content (AvgIpc) is 2.28. The molecule has 2 nitrogen and oxygen atoms in total. The number of benzene rings is 1. The van der Waals surface area contributed by atoms with E-state index in [0.717, 1.165) is 18.4 Å². The van der Waals surface area contributed by atoms with Gasteiger partial charge in [-0.2, -0.15) is 0 Å². The lowest BCUT2D eigenvalue weighted by Crippen LogP contribution is -2.07. The molecule has 0 saturated carbocycles. The SMILES string of the molecule is CCOC(=O)c1ccc(CC)c(CC)c1Cl. The maximum absolute atomic E-state index is 11.6. The Balaban J connectivity index is 3.18. The Kier molecular flexibility index (Phi) is 4.81. The summed E-state index contributed by atoms with van der Waals surface area (Å²) in [7, 11) is 0. The van der Waals surface area contributed by atoms with E-state index in [-0.39, 0.29) is 5.97 Å². The van der Waals surface area contributed by atoms with Gasteiger partial charge >= 0.3 is 5.97 Å². The van der Waals surface area contributed by atoms with Crippen LogP contribution in [0.15, 0.2) is 12.1 Å². The van der Waals surface area contributed by atoms with Crippen LogP contribution in [0.5, 0.6) is 0 Å². The number of halogens is 1. The van der Waals surface area contributed by atoms with E-state index < -0.39 is 0 Å². The molecule has 0 unspecified atom stereocenters. The average molecular weight is 241 g/mol. The fourth-order valence-corrected chi connectivity index (χ4v) is 2.14. The number of rotatable bonds is 4. The van der Waals surface area contributed by atoms with Crippen molar-refractivity contribution in [2.45, 2.75) is 33.6 Å². The van der Waals surface area contributed by atoms with Crippen molar-refractivity contribution in [1.29, 1.82) is 0 Å². The summed E-state index contributed by atoms with van der Waals surface area (Å²) in [4.78, 5) is 11.6. The smallest absolute Gasteiger partial charge is 0.339 e. The van der Waals surface area contributed by atoms with E-state index in [1.807, 2.05) is 13.0 Å². The molecule has 0 aliphatic heterocycles. The van der Waals surface area contributed by atoms with Gasteiger partial charge in [0.1, 0.15) is 0 Å². The van der Waals surface area contributed by atoms with Crippen LogP contribution in [-0.4, -0.2) is 12.6 Å². The highest BCUT2D eigenvalue weighted by atomic mass is 35.5. The maximum Gasteiger partial charge on any atom is 0.339 e. The lowest BCUT2D eigenvalue weighted by atomic mass is 10.00. The lowest BCUT2D eigenvalue weighted by molar-refractivity contribution is 0.0526. The summed E-state index contributed by atoms with van der Waals surface area (Å²) in [5.74, 6) is -0.343. The Morgan fingerprint density at radius 2 is 1.94 bits per heavy atom. The summed E-state index contributed by atoms with van der Waals surface area (Å²) in [6.07, 6.45) is 1.75. The zero-order valence-corrected chi connectivity index (χ0v) is 10.7. The number of carbonyl (C=O) groups is 1. The molecule has 0 spiro atoms. The summed E-state index contributed by atoms with van der Waals surface area (Å²) in [5.41, 5.74) is 2.72. The van der Waals surface area contributed by atoms with E-state index in [0.29, 0.717) is 17.2 Å². The topological polar surface area (TPSA) is 26.3 Å². The van der Waals surface area contributed by atoms with Crippen LogP contribution >= 0.6 is 11.6 Å². The molecule has 3 heteroatoms. The predicted octanol–water partition coefficient (Wildman–Crippen LogP) is 3.64. The van der Waals surface area contributed by atoms with Gasteiger partial charge in [-0.3, -0.25) is 0 Å². The first-order valence-electron chi connectivity index (χ1n) is 5.63. The Labute approximate surface area is 102 Å². The van der Waals surface area contributed by atoms with Gasteiger partial charge in [0, 0.05) is 0 Å². The van der Waals surface area contributed by atoms with Crippen LogP contribution in [0.3, 0.4) is 0 Å². The number of hydrogen-bond donors (Lipinski definition) is 0. The van der Waals surface area contributed by atoms with Crippen molar-refractivity contribution in [2.75, 3.05) is 6.61 Å².